The zero-order valence-corrected chi connectivity index (χ0v) is 85.2. The molecule has 21 heteroatoms. The SMILES string of the molecule is COC(=O)[C@@H](OC(C)(C)C)c1c(-c2ccc(C)cc2)c(C)c2c3ccccc3c(=O)n(C)c2c1C.COC(=O)[C@@H](OC(C)(C)C)c1c(C)c(N(C)C(=O)c2ccccc2Br)cc(C)c1-c1ccc(C)cc1.COC(=O)[C@@H](OC(C)(C)C)c1c(C)c(N)cc(C)c1-c1ccc(C)cc1.COC(=O)[C@@H](OC(C)(C)C)c1c(C)c(NC(=O)c2ccccc2Br)cc(C)c1-c1ccc(C)cc1. The number of anilines is 3. The van der Waals surface area contributed by atoms with E-state index in [4.69, 9.17) is 43.6 Å². The molecular weight excluding hydrogens is 1790 g/mol. The molecule has 12 aromatic rings. The van der Waals surface area contributed by atoms with Crippen molar-refractivity contribution in [1.82, 2.24) is 4.57 Å². The molecule has 0 aliphatic heterocycles. The number of halogens is 2. The van der Waals surface area contributed by atoms with Gasteiger partial charge in [0.05, 0.1) is 67.5 Å². The second-order valence-electron chi connectivity index (χ2n) is 37.4. The average Bonchev–Trinajstić information content (AvgIpc) is 0.714. The molecule has 1 heterocycles. The molecule has 0 spiro atoms. The van der Waals surface area contributed by atoms with Crippen LogP contribution >= 0.6 is 31.9 Å². The molecule has 0 aliphatic carbocycles. The summed E-state index contributed by atoms with van der Waals surface area (Å²) in [5, 5.41) is 5.60. The number of methoxy groups -OCH3 is 4. The Morgan fingerprint density at radius 2 is 0.689 bits per heavy atom. The molecule has 0 saturated carbocycles. The largest absolute Gasteiger partial charge is 0.467 e. The summed E-state index contributed by atoms with van der Waals surface area (Å²) in [4.78, 5) is 93.6. The van der Waals surface area contributed by atoms with Gasteiger partial charge in [-0.15, -0.1) is 0 Å². The number of esters is 4. The van der Waals surface area contributed by atoms with E-state index in [9.17, 15) is 33.6 Å². The van der Waals surface area contributed by atoms with Crippen LogP contribution in [-0.4, -0.2) is 98.1 Å². The summed E-state index contributed by atoms with van der Waals surface area (Å²) in [5.41, 5.74) is 29.7. The zero-order chi connectivity index (χ0) is 98.0. The fourth-order valence-electron chi connectivity index (χ4n) is 16.5. The number of nitrogens with one attached hydrogen (secondary N) is 1. The Balaban J connectivity index is 0.000000199. The molecule has 2 amide bonds. The molecule has 0 saturated heterocycles. The van der Waals surface area contributed by atoms with Gasteiger partial charge in [-0.2, -0.15) is 0 Å². The Labute approximate surface area is 795 Å². The van der Waals surface area contributed by atoms with Crippen molar-refractivity contribution < 1.29 is 66.7 Å². The Kier molecular flexibility index (Phi) is 34.2. The number of rotatable bonds is 20. The molecule has 19 nitrogen and oxygen atoms in total. The highest BCUT2D eigenvalue weighted by molar-refractivity contribution is 9.10. The third-order valence-corrected chi connectivity index (χ3v) is 24.1. The van der Waals surface area contributed by atoms with Gasteiger partial charge in [0.25, 0.3) is 17.4 Å². The number of carbonyl (C=O) groups is 6. The lowest BCUT2D eigenvalue weighted by Crippen LogP contribution is -2.31. The number of amides is 2. The van der Waals surface area contributed by atoms with Crippen LogP contribution < -0.4 is 21.5 Å². The van der Waals surface area contributed by atoms with Crippen LogP contribution in [0.15, 0.2) is 202 Å². The molecule has 0 bridgehead atoms. The quantitative estimate of drug-likeness (QED) is 0.0312. The number of nitrogens with zero attached hydrogens (tertiary/aromatic N) is 2. The van der Waals surface area contributed by atoms with Crippen molar-refractivity contribution in [1.29, 1.82) is 0 Å². The van der Waals surface area contributed by atoms with Crippen molar-refractivity contribution >= 4 is 106 Å². The summed E-state index contributed by atoms with van der Waals surface area (Å²) in [6.45, 7) is 46.8. The second kappa shape index (κ2) is 43.3. The molecule has 0 fully saturated rings. The van der Waals surface area contributed by atoms with E-state index in [0.717, 1.165) is 138 Å². The van der Waals surface area contributed by atoms with Crippen LogP contribution in [0.5, 0.6) is 0 Å². The third kappa shape index (κ3) is 24.6. The van der Waals surface area contributed by atoms with E-state index in [1.165, 1.54) is 34.0 Å². The van der Waals surface area contributed by atoms with Crippen LogP contribution in [0.1, 0.15) is 217 Å². The number of fused-ring (bicyclic) bond motifs is 3. The highest BCUT2D eigenvalue weighted by atomic mass is 79.9. The maximum atomic E-state index is 13.5. The lowest BCUT2D eigenvalue weighted by atomic mass is 9.84. The number of hydrogen-bond acceptors (Lipinski definition) is 16. The van der Waals surface area contributed by atoms with E-state index in [1.807, 2.05) is 287 Å². The van der Waals surface area contributed by atoms with Crippen LogP contribution in [0.4, 0.5) is 17.1 Å². The van der Waals surface area contributed by atoms with Crippen LogP contribution in [-0.2, 0) is 64.1 Å². The lowest BCUT2D eigenvalue weighted by molar-refractivity contribution is -0.164. The molecule has 1 aromatic heterocycles. The topological polar surface area (TPSA) is 240 Å². The van der Waals surface area contributed by atoms with Gasteiger partial charge in [0.2, 0.25) is 0 Å². The van der Waals surface area contributed by atoms with Crippen molar-refractivity contribution in [3.05, 3.63) is 307 Å². The Morgan fingerprint density at radius 1 is 0.379 bits per heavy atom. The van der Waals surface area contributed by atoms with Gasteiger partial charge in [-0.25, -0.2) is 19.2 Å². The first kappa shape index (κ1) is 104. The van der Waals surface area contributed by atoms with E-state index in [-0.39, 0.29) is 17.4 Å². The maximum Gasteiger partial charge on any atom is 0.339 e. The molecule has 132 heavy (non-hydrogen) atoms. The first-order chi connectivity index (χ1) is 61.8. The Bertz CT molecular complexity index is 6350. The first-order valence-electron chi connectivity index (χ1n) is 43.9. The second-order valence-corrected chi connectivity index (χ2v) is 39.1. The van der Waals surface area contributed by atoms with Crippen molar-refractivity contribution in [2.75, 3.05) is 51.4 Å². The van der Waals surface area contributed by atoms with E-state index in [2.05, 4.69) is 92.6 Å². The van der Waals surface area contributed by atoms with Gasteiger partial charge in [-0.05, 0) is 341 Å². The van der Waals surface area contributed by atoms with E-state index in [1.54, 1.807) is 35.7 Å². The predicted octanol–water partition coefficient (Wildman–Crippen LogP) is 25.9. The van der Waals surface area contributed by atoms with Gasteiger partial charge in [-0.1, -0.05) is 162 Å². The van der Waals surface area contributed by atoms with Gasteiger partial charge in [0.1, 0.15) is 0 Å². The number of carbonyl (C=O) groups excluding carboxylic acids is 6. The van der Waals surface area contributed by atoms with Crippen molar-refractivity contribution in [2.24, 2.45) is 7.05 Å². The van der Waals surface area contributed by atoms with Crippen LogP contribution in [0.2, 0.25) is 0 Å². The molecule has 12 rings (SSSR count). The van der Waals surface area contributed by atoms with Crippen molar-refractivity contribution in [2.45, 2.75) is 213 Å². The summed E-state index contributed by atoms with van der Waals surface area (Å²) in [7, 11) is 9.00. The zero-order valence-electron chi connectivity index (χ0n) is 82.1. The van der Waals surface area contributed by atoms with Crippen LogP contribution in [0.3, 0.4) is 0 Å². The number of nitrogen functional groups attached to an aromatic ring is 1. The predicted molar refractivity (Wildman–Crippen MR) is 540 cm³/mol. The minimum atomic E-state index is -0.977. The Morgan fingerprint density at radius 3 is 1.05 bits per heavy atom. The maximum absolute atomic E-state index is 13.5. The number of aryl methyl sites for hydroxylation is 10. The Hall–Kier alpha value is -11.7. The number of benzene rings is 11. The van der Waals surface area contributed by atoms with E-state index in [0.29, 0.717) is 49.2 Å². The minimum Gasteiger partial charge on any atom is -0.467 e. The van der Waals surface area contributed by atoms with Crippen molar-refractivity contribution in [3.63, 3.8) is 0 Å². The number of hydrogen-bond donors (Lipinski definition) is 2. The van der Waals surface area contributed by atoms with E-state index >= 15 is 0 Å². The summed E-state index contributed by atoms with van der Waals surface area (Å²) in [6, 6.07) is 61.0. The number of nitrogens with two attached hydrogens (primary N) is 1. The average molecular weight is 1920 g/mol. The summed E-state index contributed by atoms with van der Waals surface area (Å²) in [5.74, 6) is -2.30. The summed E-state index contributed by atoms with van der Waals surface area (Å²) < 4.78 is 48.8. The van der Waals surface area contributed by atoms with Gasteiger partial charge in [0, 0.05) is 73.1 Å². The molecular formula is C111H128Br2N4O15. The third-order valence-electron chi connectivity index (χ3n) is 22.7. The lowest BCUT2D eigenvalue weighted by Gasteiger charge is -2.31. The highest BCUT2D eigenvalue weighted by Crippen LogP contribution is 2.48. The number of ether oxygens (including phenoxy) is 8. The molecule has 0 unspecified atom stereocenters. The molecule has 3 N–H and O–H groups in total. The van der Waals surface area contributed by atoms with Crippen LogP contribution in [0.25, 0.3) is 66.2 Å². The van der Waals surface area contributed by atoms with Gasteiger partial charge >= 0.3 is 23.9 Å². The molecule has 696 valence electrons. The molecule has 11 aromatic carbocycles. The van der Waals surface area contributed by atoms with Gasteiger partial charge < -0.3 is 58.4 Å². The number of pyridine rings is 1. The molecule has 4 atom stereocenters. The number of aromatic nitrogens is 1. The van der Waals surface area contributed by atoms with Gasteiger partial charge in [-0.3, -0.25) is 14.4 Å². The summed E-state index contributed by atoms with van der Waals surface area (Å²) in [6.07, 6.45) is -3.76. The minimum absolute atomic E-state index is 0.0732. The summed E-state index contributed by atoms with van der Waals surface area (Å²) >= 11 is 6.94. The fourth-order valence-corrected chi connectivity index (χ4v) is 17.4. The fraction of sp³-hybridized carbons (Fsp3) is 0.342. The smallest absolute Gasteiger partial charge is 0.339 e. The van der Waals surface area contributed by atoms with Crippen LogP contribution in [0, 0.1) is 83.1 Å². The van der Waals surface area contributed by atoms with E-state index < -0.39 is 70.7 Å². The standard InChI is InChI=1S/C30H34BrNO4.C30H33NO4.C29H32BrNO4.C22H29NO3/c1-18-13-15-21(16-14-18)25-19(2)17-24(32(7)28(33)22-11-9-10-12-23(22)31)20(3)26(25)27(29(34)35-8)36-30(4,5)6;1-17-13-15-20(16-14-17)23-18(2)24-21-11-9-10-12-22(21)28(32)31(7)26(24)19(3)25(23)27(29(33)34-8)35-30(4,5)6;1-17-12-14-20(15-13-17)24-18(2)16-23(31-27(32)21-10-8-9-11-22(21)30)19(3)25(24)26(28(33)34-7)35-29(4,5)6;1-13-8-10-16(11-9-13)18-14(2)12-17(23)15(3)19(18)20(21(24)25-7)26-22(4,5)6/h9-17,27H,1-8H3;9-16,27H,1-8H3;8-16,26H,1-7H3,(H,31,32);8-12,20H,23H2,1-7H3/t2*27-;26-;20-/m0000/s1. The molecule has 0 aliphatic rings. The van der Waals surface area contributed by atoms with Gasteiger partial charge in [0.15, 0.2) is 24.4 Å². The highest BCUT2D eigenvalue weighted by Gasteiger charge is 2.40. The van der Waals surface area contributed by atoms with Crippen molar-refractivity contribution in [3.8, 4) is 44.5 Å². The first-order valence-corrected chi connectivity index (χ1v) is 45.5. The molecule has 0 radical (unpaired) electrons. The monoisotopic (exact) mass is 1910 g/mol. The normalized spacial score (nSPS) is 12.5.